The van der Waals surface area contributed by atoms with Crippen molar-refractivity contribution >= 4 is 0 Å². The summed E-state index contributed by atoms with van der Waals surface area (Å²) < 4.78 is 16.8. The molecule has 0 aliphatic heterocycles. The molecule has 4 nitrogen and oxygen atoms in total. The summed E-state index contributed by atoms with van der Waals surface area (Å²) in [7, 11) is 3.33. The van der Waals surface area contributed by atoms with E-state index in [0.29, 0.717) is 18.3 Å². The third kappa shape index (κ3) is 5.46. The van der Waals surface area contributed by atoms with Gasteiger partial charge in [-0.15, -0.1) is 0 Å². The van der Waals surface area contributed by atoms with Crippen LogP contribution in [0.25, 0.3) is 0 Å². The zero-order chi connectivity index (χ0) is 15.7. The van der Waals surface area contributed by atoms with Gasteiger partial charge in [0, 0.05) is 0 Å². The molecule has 4 heteroatoms. The van der Waals surface area contributed by atoms with Crippen LogP contribution in [0.3, 0.4) is 0 Å². The lowest BCUT2D eigenvalue weighted by molar-refractivity contribution is 0.267. The van der Waals surface area contributed by atoms with Crippen LogP contribution in [0.1, 0.15) is 45.1 Å². The normalized spacial score (nSPS) is 10.8. The summed E-state index contributed by atoms with van der Waals surface area (Å²) in [5.41, 5.74) is 1.18. The third-order valence-corrected chi connectivity index (χ3v) is 3.39. The predicted octanol–water partition coefficient (Wildman–Crippen LogP) is 3.60. The fourth-order valence-corrected chi connectivity index (χ4v) is 2.08. The number of unbranched alkanes of at least 4 members (excludes halogenated alkanes) is 1. The second-order valence-corrected chi connectivity index (χ2v) is 5.32. The molecule has 0 aliphatic rings. The first-order valence-electron chi connectivity index (χ1n) is 7.73. The van der Waals surface area contributed by atoms with Gasteiger partial charge in [0.15, 0.2) is 11.5 Å². The quantitative estimate of drug-likeness (QED) is 0.670. The van der Waals surface area contributed by atoms with Crippen molar-refractivity contribution < 1.29 is 14.2 Å². The Morgan fingerprint density at radius 1 is 1.05 bits per heavy atom. The average Bonchev–Trinajstić information content (AvgIpc) is 2.49. The van der Waals surface area contributed by atoms with Crippen LogP contribution < -0.4 is 19.5 Å². The summed E-state index contributed by atoms with van der Waals surface area (Å²) in [5.74, 6) is 2.60. The first-order chi connectivity index (χ1) is 10.1. The highest BCUT2D eigenvalue weighted by Crippen LogP contribution is 2.40. The fourth-order valence-electron chi connectivity index (χ4n) is 2.08. The molecule has 0 aromatic heterocycles. The van der Waals surface area contributed by atoms with Gasteiger partial charge in [-0.2, -0.15) is 0 Å². The van der Waals surface area contributed by atoms with E-state index in [2.05, 4.69) is 26.1 Å². The summed E-state index contributed by atoms with van der Waals surface area (Å²) in [6, 6.07) is 4.06. The molecule has 0 atom stereocenters. The molecule has 0 amide bonds. The molecule has 0 bridgehead atoms. The molecule has 0 spiro atoms. The number of benzene rings is 1. The summed E-state index contributed by atoms with van der Waals surface area (Å²) in [4.78, 5) is 0. The first-order valence-corrected chi connectivity index (χ1v) is 7.73. The lowest BCUT2D eigenvalue weighted by atomic mass is 10.0. The second kappa shape index (κ2) is 9.50. The van der Waals surface area contributed by atoms with Gasteiger partial charge in [-0.1, -0.05) is 20.8 Å². The molecule has 0 heterocycles. The molecule has 120 valence electrons. The maximum atomic E-state index is 5.89. The van der Waals surface area contributed by atoms with E-state index in [1.54, 1.807) is 14.2 Å². The molecule has 1 aromatic rings. The lowest BCUT2D eigenvalue weighted by Crippen LogP contribution is -2.14. The van der Waals surface area contributed by atoms with Crippen molar-refractivity contribution in [2.45, 2.75) is 39.5 Å². The van der Waals surface area contributed by atoms with Gasteiger partial charge in [0.1, 0.15) is 0 Å². The Hall–Kier alpha value is -1.42. The van der Waals surface area contributed by atoms with Gasteiger partial charge in [-0.25, -0.2) is 0 Å². The van der Waals surface area contributed by atoms with Gasteiger partial charge in [-0.05, 0) is 49.5 Å². The van der Waals surface area contributed by atoms with E-state index in [0.717, 1.165) is 37.4 Å². The third-order valence-electron chi connectivity index (χ3n) is 3.39. The fraction of sp³-hybridized carbons (Fsp3) is 0.647. The maximum Gasteiger partial charge on any atom is 0.203 e. The molecular weight excluding hydrogens is 266 g/mol. The van der Waals surface area contributed by atoms with E-state index in [4.69, 9.17) is 14.2 Å². The molecule has 0 unspecified atom stereocenters. The van der Waals surface area contributed by atoms with E-state index < -0.39 is 0 Å². The summed E-state index contributed by atoms with van der Waals surface area (Å²) >= 11 is 0. The largest absolute Gasteiger partial charge is 0.493 e. The van der Waals surface area contributed by atoms with Gasteiger partial charge in [-0.3, -0.25) is 0 Å². The number of ether oxygens (including phenoxy) is 3. The molecule has 0 saturated carbocycles. The molecule has 0 aliphatic carbocycles. The zero-order valence-corrected chi connectivity index (χ0v) is 14.0. The van der Waals surface area contributed by atoms with E-state index >= 15 is 0 Å². The summed E-state index contributed by atoms with van der Waals surface area (Å²) in [6.45, 7) is 9.12. The highest BCUT2D eigenvalue weighted by molar-refractivity contribution is 5.54. The first kappa shape index (κ1) is 17.6. The molecule has 0 radical (unpaired) electrons. The van der Waals surface area contributed by atoms with Crippen LogP contribution in [0.15, 0.2) is 12.1 Å². The van der Waals surface area contributed by atoms with Crippen molar-refractivity contribution in [1.29, 1.82) is 0 Å². The van der Waals surface area contributed by atoms with Gasteiger partial charge < -0.3 is 19.5 Å². The molecular formula is C17H29NO3. The molecule has 0 fully saturated rings. The minimum absolute atomic E-state index is 0.418. The Labute approximate surface area is 128 Å². The SMILES string of the molecule is CCNCCCCOc1c(OC)cc(C(C)C)cc1OC. The minimum Gasteiger partial charge on any atom is -0.493 e. The van der Waals surface area contributed by atoms with Crippen molar-refractivity contribution in [2.24, 2.45) is 0 Å². The molecule has 21 heavy (non-hydrogen) atoms. The predicted molar refractivity (Wildman–Crippen MR) is 86.9 cm³/mol. The van der Waals surface area contributed by atoms with Crippen LogP contribution in [-0.4, -0.2) is 33.9 Å². The average molecular weight is 295 g/mol. The number of rotatable bonds is 10. The summed E-state index contributed by atoms with van der Waals surface area (Å²) in [5, 5.41) is 3.31. The lowest BCUT2D eigenvalue weighted by Gasteiger charge is -2.17. The zero-order valence-electron chi connectivity index (χ0n) is 14.0. The van der Waals surface area contributed by atoms with E-state index in [9.17, 15) is 0 Å². The smallest absolute Gasteiger partial charge is 0.203 e. The van der Waals surface area contributed by atoms with Gasteiger partial charge in [0.05, 0.1) is 20.8 Å². The maximum absolute atomic E-state index is 5.89. The summed E-state index contributed by atoms with van der Waals surface area (Å²) in [6.07, 6.45) is 2.10. The van der Waals surface area contributed by atoms with Crippen LogP contribution >= 0.6 is 0 Å². The van der Waals surface area contributed by atoms with E-state index in [-0.39, 0.29) is 0 Å². The van der Waals surface area contributed by atoms with Crippen LogP contribution in [0.2, 0.25) is 0 Å². The standard InChI is InChI=1S/C17H29NO3/c1-6-18-9-7-8-10-21-17-15(19-4)11-14(13(2)3)12-16(17)20-5/h11-13,18H,6-10H2,1-5H3. The Balaban J connectivity index is 2.71. The van der Waals surface area contributed by atoms with Crippen molar-refractivity contribution in [3.05, 3.63) is 17.7 Å². The van der Waals surface area contributed by atoms with Gasteiger partial charge in [0.2, 0.25) is 5.75 Å². The molecule has 1 N–H and O–H groups in total. The van der Waals surface area contributed by atoms with E-state index in [1.807, 2.05) is 12.1 Å². The second-order valence-electron chi connectivity index (χ2n) is 5.32. The Morgan fingerprint density at radius 2 is 1.67 bits per heavy atom. The van der Waals surface area contributed by atoms with Crippen LogP contribution in [0.4, 0.5) is 0 Å². The number of methoxy groups -OCH3 is 2. The van der Waals surface area contributed by atoms with Gasteiger partial charge >= 0.3 is 0 Å². The molecule has 1 rings (SSSR count). The van der Waals surface area contributed by atoms with Crippen molar-refractivity contribution in [3.63, 3.8) is 0 Å². The van der Waals surface area contributed by atoms with Crippen molar-refractivity contribution in [3.8, 4) is 17.2 Å². The van der Waals surface area contributed by atoms with Crippen molar-refractivity contribution in [2.75, 3.05) is 33.9 Å². The van der Waals surface area contributed by atoms with Crippen LogP contribution in [0, 0.1) is 0 Å². The van der Waals surface area contributed by atoms with Crippen LogP contribution in [0.5, 0.6) is 17.2 Å². The van der Waals surface area contributed by atoms with E-state index in [1.165, 1.54) is 5.56 Å². The van der Waals surface area contributed by atoms with Gasteiger partial charge in [0.25, 0.3) is 0 Å². The minimum atomic E-state index is 0.418. The van der Waals surface area contributed by atoms with Crippen molar-refractivity contribution in [1.82, 2.24) is 5.32 Å². The molecule has 1 aromatic carbocycles. The Morgan fingerprint density at radius 3 is 2.14 bits per heavy atom. The number of hydrogen-bond acceptors (Lipinski definition) is 4. The monoisotopic (exact) mass is 295 g/mol. The van der Waals surface area contributed by atoms with Crippen LogP contribution in [-0.2, 0) is 0 Å². The highest BCUT2D eigenvalue weighted by Gasteiger charge is 2.15. The Kier molecular flexibility index (Phi) is 7.98. The molecule has 0 saturated heterocycles. The topological polar surface area (TPSA) is 39.7 Å². The number of hydrogen-bond donors (Lipinski definition) is 1. The highest BCUT2D eigenvalue weighted by atomic mass is 16.5. The Bertz CT molecular complexity index is 393. The number of nitrogens with one attached hydrogen (secondary N) is 1.